The van der Waals surface area contributed by atoms with Gasteiger partial charge in [-0.15, -0.1) is 0 Å². The van der Waals surface area contributed by atoms with E-state index in [0.717, 1.165) is 39.0 Å². The molecular formula is C14H27N3O. The molecule has 1 atom stereocenters. The van der Waals surface area contributed by atoms with Gasteiger partial charge in [0.2, 0.25) is 5.91 Å². The molecule has 1 N–H and O–H groups in total. The summed E-state index contributed by atoms with van der Waals surface area (Å²) >= 11 is 0. The fourth-order valence-electron chi connectivity index (χ4n) is 3.11. The molecule has 0 aromatic heterocycles. The Labute approximate surface area is 111 Å². The van der Waals surface area contributed by atoms with Crippen molar-refractivity contribution in [2.24, 2.45) is 0 Å². The number of nitrogens with one attached hydrogen (secondary N) is 1. The maximum Gasteiger partial charge on any atom is 0.239 e. The van der Waals surface area contributed by atoms with E-state index in [0.29, 0.717) is 11.9 Å². The Bertz CT molecular complexity index is 268. The van der Waals surface area contributed by atoms with Crippen LogP contribution in [0.3, 0.4) is 0 Å². The van der Waals surface area contributed by atoms with E-state index < -0.39 is 0 Å². The Morgan fingerprint density at radius 2 is 1.72 bits per heavy atom. The van der Waals surface area contributed by atoms with Crippen LogP contribution in [0, 0.1) is 0 Å². The lowest BCUT2D eigenvalue weighted by atomic mass is 10.0. The smallest absolute Gasteiger partial charge is 0.239 e. The molecule has 0 saturated carbocycles. The van der Waals surface area contributed by atoms with Crippen LogP contribution in [0.1, 0.15) is 39.0 Å². The molecule has 2 saturated heterocycles. The lowest BCUT2D eigenvalue weighted by molar-refractivity contribution is -0.137. The predicted octanol–water partition coefficient (Wildman–Crippen LogP) is 1.07. The highest BCUT2D eigenvalue weighted by Gasteiger charge is 2.29. The van der Waals surface area contributed by atoms with Crippen molar-refractivity contribution in [3.63, 3.8) is 0 Å². The van der Waals surface area contributed by atoms with E-state index in [-0.39, 0.29) is 6.04 Å². The molecular weight excluding hydrogens is 226 g/mol. The molecule has 0 spiro atoms. The summed E-state index contributed by atoms with van der Waals surface area (Å²) in [6.45, 7) is 6.11. The van der Waals surface area contributed by atoms with E-state index in [4.69, 9.17) is 0 Å². The normalized spacial score (nSPS) is 25.1. The zero-order valence-electron chi connectivity index (χ0n) is 11.8. The minimum absolute atomic E-state index is 0.0703. The second-order valence-electron chi connectivity index (χ2n) is 5.66. The van der Waals surface area contributed by atoms with Gasteiger partial charge in [-0.05, 0) is 46.1 Å². The molecule has 2 rings (SSSR count). The van der Waals surface area contributed by atoms with Crippen molar-refractivity contribution in [1.82, 2.24) is 15.1 Å². The summed E-state index contributed by atoms with van der Waals surface area (Å²) in [4.78, 5) is 16.8. The molecule has 0 radical (unpaired) electrons. The van der Waals surface area contributed by atoms with Gasteiger partial charge in [0.15, 0.2) is 0 Å². The summed E-state index contributed by atoms with van der Waals surface area (Å²) in [5.41, 5.74) is 0. The van der Waals surface area contributed by atoms with Crippen molar-refractivity contribution in [2.45, 2.75) is 51.1 Å². The molecule has 0 aromatic rings. The third-order valence-corrected chi connectivity index (χ3v) is 4.51. The average molecular weight is 253 g/mol. The van der Waals surface area contributed by atoms with Gasteiger partial charge in [-0.3, -0.25) is 9.69 Å². The van der Waals surface area contributed by atoms with Crippen LogP contribution in [-0.2, 0) is 4.79 Å². The first-order chi connectivity index (χ1) is 8.72. The Hall–Kier alpha value is -0.610. The van der Waals surface area contributed by atoms with Crippen LogP contribution in [-0.4, -0.2) is 61.0 Å². The Balaban J connectivity index is 1.83. The largest absolute Gasteiger partial charge is 0.341 e. The summed E-state index contributed by atoms with van der Waals surface area (Å²) in [6.07, 6.45) is 5.97. The van der Waals surface area contributed by atoms with Gasteiger partial charge in [0.25, 0.3) is 0 Å². The molecule has 2 aliphatic heterocycles. The lowest BCUT2D eigenvalue weighted by Crippen LogP contribution is -2.52. The van der Waals surface area contributed by atoms with Gasteiger partial charge in [0.1, 0.15) is 0 Å². The van der Waals surface area contributed by atoms with Crippen molar-refractivity contribution in [3.05, 3.63) is 0 Å². The first-order valence-electron chi connectivity index (χ1n) is 7.42. The van der Waals surface area contributed by atoms with Crippen LogP contribution in [0.15, 0.2) is 0 Å². The van der Waals surface area contributed by atoms with E-state index in [1.165, 1.54) is 19.3 Å². The van der Waals surface area contributed by atoms with E-state index in [1.807, 2.05) is 7.05 Å². The van der Waals surface area contributed by atoms with E-state index in [1.54, 1.807) is 0 Å². The molecule has 0 aromatic carbocycles. The molecule has 18 heavy (non-hydrogen) atoms. The number of hydrogen-bond acceptors (Lipinski definition) is 3. The standard InChI is InChI=1S/C14H27N3O/c1-12(14(18)17-8-4-3-5-9-17)16-10-6-13(15-2)7-11-16/h12-13,15H,3-11H2,1-2H3. The molecule has 1 amide bonds. The molecule has 2 fully saturated rings. The summed E-state index contributed by atoms with van der Waals surface area (Å²) in [7, 11) is 2.03. The predicted molar refractivity (Wildman–Crippen MR) is 73.5 cm³/mol. The van der Waals surface area contributed by atoms with Crippen LogP contribution in [0.4, 0.5) is 0 Å². The van der Waals surface area contributed by atoms with Gasteiger partial charge >= 0.3 is 0 Å². The third kappa shape index (κ3) is 3.23. The summed E-state index contributed by atoms with van der Waals surface area (Å²) in [6, 6.07) is 0.708. The third-order valence-electron chi connectivity index (χ3n) is 4.51. The van der Waals surface area contributed by atoms with E-state index in [9.17, 15) is 4.79 Å². The lowest BCUT2D eigenvalue weighted by Gasteiger charge is -2.38. The fraction of sp³-hybridized carbons (Fsp3) is 0.929. The number of rotatable bonds is 3. The zero-order valence-corrected chi connectivity index (χ0v) is 11.8. The van der Waals surface area contributed by atoms with Crippen LogP contribution < -0.4 is 5.32 Å². The van der Waals surface area contributed by atoms with Crippen LogP contribution >= 0.6 is 0 Å². The molecule has 2 heterocycles. The van der Waals surface area contributed by atoms with E-state index in [2.05, 4.69) is 22.0 Å². The Kier molecular flexibility index (Phi) is 5.01. The van der Waals surface area contributed by atoms with Gasteiger partial charge in [-0.25, -0.2) is 0 Å². The number of amides is 1. The fourth-order valence-corrected chi connectivity index (χ4v) is 3.11. The maximum absolute atomic E-state index is 12.4. The number of carbonyl (C=O) groups excluding carboxylic acids is 1. The molecule has 0 bridgehead atoms. The zero-order chi connectivity index (χ0) is 13.0. The van der Waals surface area contributed by atoms with Crippen molar-refractivity contribution in [3.8, 4) is 0 Å². The van der Waals surface area contributed by atoms with Crippen molar-refractivity contribution >= 4 is 5.91 Å². The van der Waals surface area contributed by atoms with Crippen molar-refractivity contribution < 1.29 is 4.79 Å². The van der Waals surface area contributed by atoms with Crippen LogP contribution in [0.5, 0.6) is 0 Å². The quantitative estimate of drug-likeness (QED) is 0.817. The van der Waals surface area contributed by atoms with Gasteiger partial charge in [-0.1, -0.05) is 0 Å². The molecule has 104 valence electrons. The summed E-state index contributed by atoms with van der Waals surface area (Å²) < 4.78 is 0. The van der Waals surface area contributed by atoms with Gasteiger partial charge in [-0.2, -0.15) is 0 Å². The summed E-state index contributed by atoms with van der Waals surface area (Å²) in [5.74, 6) is 0.345. The number of nitrogens with zero attached hydrogens (tertiary/aromatic N) is 2. The van der Waals surface area contributed by atoms with Gasteiger partial charge in [0.05, 0.1) is 6.04 Å². The molecule has 4 nitrogen and oxygen atoms in total. The number of carbonyl (C=O) groups is 1. The Morgan fingerprint density at radius 1 is 1.11 bits per heavy atom. The number of likely N-dealkylation sites (tertiary alicyclic amines) is 2. The highest BCUT2D eigenvalue weighted by molar-refractivity contribution is 5.81. The molecule has 4 heteroatoms. The van der Waals surface area contributed by atoms with Crippen LogP contribution in [0.25, 0.3) is 0 Å². The first-order valence-corrected chi connectivity index (χ1v) is 7.42. The topological polar surface area (TPSA) is 35.6 Å². The highest BCUT2D eigenvalue weighted by Crippen LogP contribution is 2.16. The maximum atomic E-state index is 12.4. The Morgan fingerprint density at radius 3 is 2.28 bits per heavy atom. The molecule has 2 aliphatic rings. The van der Waals surface area contributed by atoms with Crippen LogP contribution in [0.2, 0.25) is 0 Å². The average Bonchev–Trinajstić information content (AvgIpc) is 2.47. The number of hydrogen-bond donors (Lipinski definition) is 1. The van der Waals surface area contributed by atoms with Crippen molar-refractivity contribution in [1.29, 1.82) is 0 Å². The van der Waals surface area contributed by atoms with Crippen molar-refractivity contribution in [2.75, 3.05) is 33.2 Å². The second kappa shape index (κ2) is 6.53. The SMILES string of the molecule is CNC1CCN(C(C)C(=O)N2CCCCC2)CC1. The number of piperidine rings is 2. The van der Waals surface area contributed by atoms with Gasteiger partial charge < -0.3 is 10.2 Å². The monoisotopic (exact) mass is 253 g/mol. The van der Waals surface area contributed by atoms with Gasteiger partial charge in [0, 0.05) is 32.2 Å². The molecule has 0 aliphatic carbocycles. The minimum atomic E-state index is 0.0703. The molecule has 1 unspecified atom stereocenters. The summed E-state index contributed by atoms with van der Waals surface area (Å²) in [5, 5.41) is 3.33. The second-order valence-corrected chi connectivity index (χ2v) is 5.66. The van der Waals surface area contributed by atoms with E-state index >= 15 is 0 Å². The highest BCUT2D eigenvalue weighted by atomic mass is 16.2. The first kappa shape index (κ1) is 13.8. The minimum Gasteiger partial charge on any atom is -0.341 e.